The molecule has 1 saturated carbocycles. The summed E-state index contributed by atoms with van der Waals surface area (Å²) in [6.07, 6.45) is -1.17. The van der Waals surface area contributed by atoms with Crippen LogP contribution in [-0.2, 0) is 4.74 Å². The highest BCUT2D eigenvalue weighted by Crippen LogP contribution is 2.37. The van der Waals surface area contributed by atoms with Gasteiger partial charge in [0.15, 0.2) is 0 Å². The van der Waals surface area contributed by atoms with Crippen LogP contribution in [-0.4, -0.2) is 32.0 Å². The van der Waals surface area contributed by atoms with Crippen LogP contribution >= 0.6 is 0 Å². The van der Waals surface area contributed by atoms with Crippen LogP contribution in [0.25, 0.3) is 0 Å². The van der Waals surface area contributed by atoms with E-state index in [-0.39, 0.29) is 24.9 Å². The molecule has 2 nitrogen and oxygen atoms in total. The van der Waals surface area contributed by atoms with Gasteiger partial charge >= 0.3 is 6.18 Å². The normalized spacial score (nSPS) is 28.1. The quantitative estimate of drug-likeness (QED) is 0.812. The predicted molar refractivity (Wildman–Crippen MR) is 60.9 cm³/mol. The van der Waals surface area contributed by atoms with E-state index >= 15 is 0 Å². The maximum Gasteiger partial charge on any atom is 0.391 e. The first-order valence-electron chi connectivity index (χ1n) is 6.29. The summed E-state index contributed by atoms with van der Waals surface area (Å²) >= 11 is 0. The van der Waals surface area contributed by atoms with Crippen LogP contribution in [0.1, 0.15) is 39.0 Å². The molecular formula is C12H22F3NO. The molecule has 1 aliphatic rings. The van der Waals surface area contributed by atoms with Crippen molar-refractivity contribution in [1.29, 1.82) is 0 Å². The van der Waals surface area contributed by atoms with E-state index in [0.29, 0.717) is 13.0 Å². The van der Waals surface area contributed by atoms with Crippen molar-refractivity contribution in [2.75, 3.05) is 13.7 Å². The van der Waals surface area contributed by atoms with Crippen LogP contribution < -0.4 is 5.32 Å². The molecule has 1 rings (SSSR count). The zero-order valence-electron chi connectivity index (χ0n) is 10.5. The van der Waals surface area contributed by atoms with Gasteiger partial charge in [-0.2, -0.15) is 13.2 Å². The molecule has 1 N–H and O–H groups in total. The summed E-state index contributed by atoms with van der Waals surface area (Å²) in [7, 11) is 1.61. The minimum atomic E-state index is -4.04. The summed E-state index contributed by atoms with van der Waals surface area (Å²) < 4.78 is 42.9. The molecule has 3 atom stereocenters. The molecule has 3 unspecified atom stereocenters. The number of halogens is 3. The highest BCUT2D eigenvalue weighted by atomic mass is 19.4. The smallest absolute Gasteiger partial charge is 0.383 e. The van der Waals surface area contributed by atoms with Crippen molar-refractivity contribution < 1.29 is 17.9 Å². The Bertz CT molecular complexity index is 220. The zero-order chi connectivity index (χ0) is 12.9. The Kier molecular flexibility index (Phi) is 5.73. The van der Waals surface area contributed by atoms with E-state index in [0.717, 1.165) is 12.8 Å². The van der Waals surface area contributed by atoms with Gasteiger partial charge in [-0.3, -0.25) is 0 Å². The van der Waals surface area contributed by atoms with Crippen molar-refractivity contribution in [3.05, 3.63) is 0 Å². The number of hydrogen-bond acceptors (Lipinski definition) is 2. The SMILES string of the molecule is CCC(COC)NC1CCCC(C(F)(F)F)C1. The van der Waals surface area contributed by atoms with Gasteiger partial charge in [-0.25, -0.2) is 0 Å². The van der Waals surface area contributed by atoms with Crippen molar-refractivity contribution in [1.82, 2.24) is 5.32 Å². The largest absolute Gasteiger partial charge is 0.391 e. The molecule has 5 heteroatoms. The Labute approximate surface area is 101 Å². The fraction of sp³-hybridized carbons (Fsp3) is 1.00. The Balaban J connectivity index is 2.43. The van der Waals surface area contributed by atoms with Gasteiger partial charge in [-0.05, 0) is 25.7 Å². The molecule has 0 amide bonds. The van der Waals surface area contributed by atoms with Crippen molar-refractivity contribution in [3.63, 3.8) is 0 Å². The molecule has 17 heavy (non-hydrogen) atoms. The maximum absolute atomic E-state index is 12.6. The van der Waals surface area contributed by atoms with Crippen LogP contribution in [0.2, 0.25) is 0 Å². The van der Waals surface area contributed by atoms with Crippen LogP contribution in [0, 0.1) is 5.92 Å². The first kappa shape index (κ1) is 14.8. The van der Waals surface area contributed by atoms with Gasteiger partial charge in [0, 0.05) is 19.2 Å². The third-order valence-electron chi connectivity index (χ3n) is 3.47. The van der Waals surface area contributed by atoms with Crippen molar-refractivity contribution >= 4 is 0 Å². The summed E-state index contributed by atoms with van der Waals surface area (Å²) in [6, 6.07) is 0.146. The van der Waals surface area contributed by atoms with E-state index in [1.54, 1.807) is 7.11 Å². The Morgan fingerprint density at radius 2 is 2.06 bits per heavy atom. The molecule has 1 fully saturated rings. The van der Waals surface area contributed by atoms with E-state index in [4.69, 9.17) is 4.74 Å². The number of rotatable bonds is 5. The van der Waals surface area contributed by atoms with Crippen molar-refractivity contribution in [2.45, 2.75) is 57.3 Å². The van der Waals surface area contributed by atoms with E-state index in [9.17, 15) is 13.2 Å². The zero-order valence-corrected chi connectivity index (χ0v) is 10.5. The first-order chi connectivity index (χ1) is 7.97. The Morgan fingerprint density at radius 1 is 1.35 bits per heavy atom. The van der Waals surface area contributed by atoms with Gasteiger partial charge in [0.25, 0.3) is 0 Å². The van der Waals surface area contributed by atoms with Gasteiger partial charge < -0.3 is 10.1 Å². The second kappa shape index (κ2) is 6.59. The van der Waals surface area contributed by atoms with Gasteiger partial charge in [-0.15, -0.1) is 0 Å². The molecule has 0 saturated heterocycles. The summed E-state index contributed by atoms with van der Waals surface area (Å²) in [5, 5.41) is 3.28. The molecule has 102 valence electrons. The first-order valence-corrected chi connectivity index (χ1v) is 6.29. The van der Waals surface area contributed by atoms with Crippen molar-refractivity contribution in [3.8, 4) is 0 Å². The number of alkyl halides is 3. The molecule has 0 spiro atoms. The molecule has 0 radical (unpaired) electrons. The number of nitrogens with one attached hydrogen (secondary N) is 1. The summed E-state index contributed by atoms with van der Waals surface area (Å²) in [5.41, 5.74) is 0. The maximum atomic E-state index is 12.6. The standard InChI is InChI=1S/C12H22F3NO/c1-3-10(8-17-2)16-11-6-4-5-9(7-11)12(13,14)15/h9-11,16H,3-8H2,1-2H3. The molecule has 0 aromatic carbocycles. The monoisotopic (exact) mass is 253 g/mol. The van der Waals surface area contributed by atoms with Gasteiger partial charge in [0.05, 0.1) is 12.5 Å². The minimum Gasteiger partial charge on any atom is -0.383 e. The predicted octanol–water partition coefficient (Wildman–Crippen LogP) is 3.12. The van der Waals surface area contributed by atoms with E-state index in [1.165, 1.54) is 0 Å². The second-order valence-corrected chi connectivity index (χ2v) is 4.83. The third-order valence-corrected chi connectivity index (χ3v) is 3.47. The fourth-order valence-electron chi connectivity index (χ4n) is 2.46. The summed E-state index contributed by atoms with van der Waals surface area (Å²) in [4.78, 5) is 0. The Morgan fingerprint density at radius 3 is 2.59 bits per heavy atom. The third kappa shape index (κ3) is 4.84. The van der Waals surface area contributed by atoms with E-state index in [1.807, 2.05) is 6.92 Å². The average molecular weight is 253 g/mol. The average Bonchev–Trinajstić information content (AvgIpc) is 2.28. The lowest BCUT2D eigenvalue weighted by atomic mass is 9.85. The number of hydrogen-bond donors (Lipinski definition) is 1. The van der Waals surface area contributed by atoms with Gasteiger partial charge in [-0.1, -0.05) is 13.3 Å². The van der Waals surface area contributed by atoms with E-state index < -0.39 is 12.1 Å². The highest BCUT2D eigenvalue weighted by molar-refractivity contribution is 4.83. The molecule has 0 aliphatic heterocycles. The second-order valence-electron chi connectivity index (χ2n) is 4.83. The highest BCUT2D eigenvalue weighted by Gasteiger charge is 2.42. The van der Waals surface area contributed by atoms with Crippen LogP contribution in [0.4, 0.5) is 13.2 Å². The van der Waals surface area contributed by atoms with Crippen LogP contribution in [0.3, 0.4) is 0 Å². The summed E-state index contributed by atoms with van der Waals surface area (Å²) in [6.45, 7) is 2.57. The molecule has 1 aliphatic carbocycles. The minimum absolute atomic E-state index is 0.0181. The van der Waals surface area contributed by atoms with Gasteiger partial charge in [0.1, 0.15) is 0 Å². The molecule has 0 heterocycles. The van der Waals surface area contributed by atoms with Crippen molar-refractivity contribution in [2.24, 2.45) is 5.92 Å². The molecular weight excluding hydrogens is 231 g/mol. The fourth-order valence-corrected chi connectivity index (χ4v) is 2.46. The molecule has 0 aromatic rings. The van der Waals surface area contributed by atoms with Crippen LogP contribution in [0.15, 0.2) is 0 Å². The van der Waals surface area contributed by atoms with Gasteiger partial charge in [0.2, 0.25) is 0 Å². The Hall–Kier alpha value is -0.290. The van der Waals surface area contributed by atoms with Crippen LogP contribution in [0.5, 0.6) is 0 Å². The topological polar surface area (TPSA) is 21.3 Å². The number of methoxy groups -OCH3 is 1. The number of ether oxygens (including phenoxy) is 1. The summed E-state index contributed by atoms with van der Waals surface area (Å²) in [5.74, 6) is -1.13. The lowest BCUT2D eigenvalue weighted by molar-refractivity contribution is -0.184. The molecule has 0 aromatic heterocycles. The lowest BCUT2D eigenvalue weighted by Crippen LogP contribution is -2.45. The lowest BCUT2D eigenvalue weighted by Gasteiger charge is -2.33. The van der Waals surface area contributed by atoms with E-state index in [2.05, 4.69) is 5.32 Å². The molecule has 0 bridgehead atoms.